The van der Waals surface area contributed by atoms with Gasteiger partial charge in [-0.05, 0) is 30.0 Å². The van der Waals surface area contributed by atoms with E-state index in [9.17, 15) is 4.79 Å². The number of nitrogens with one attached hydrogen (secondary N) is 1. The number of benzene rings is 2. The Bertz CT molecular complexity index is 655. The van der Waals surface area contributed by atoms with Crippen LogP contribution in [0, 0.1) is 0 Å². The van der Waals surface area contributed by atoms with E-state index in [1.165, 1.54) is 16.9 Å². The zero-order chi connectivity index (χ0) is 15.6. The summed E-state index contributed by atoms with van der Waals surface area (Å²) in [6.45, 7) is 1.86. The molecule has 0 aliphatic carbocycles. The van der Waals surface area contributed by atoms with Crippen molar-refractivity contribution in [1.29, 1.82) is 0 Å². The van der Waals surface area contributed by atoms with Crippen LogP contribution in [0.5, 0.6) is 0 Å². The number of amides is 1. The molecular weight excluding hydrogens is 312 g/mol. The lowest BCUT2D eigenvalue weighted by atomic mass is 10.1. The Labute approximate surface area is 138 Å². The van der Waals surface area contributed by atoms with Gasteiger partial charge in [0.25, 0.3) is 5.91 Å². The summed E-state index contributed by atoms with van der Waals surface area (Å²) in [5, 5.41) is 5.83. The van der Waals surface area contributed by atoms with Crippen molar-refractivity contribution in [2.45, 2.75) is 11.8 Å². The van der Waals surface area contributed by atoms with E-state index in [0.717, 1.165) is 16.2 Å². The monoisotopic (exact) mass is 328 g/mol. The number of hydrogen-bond acceptors (Lipinski definition) is 4. The van der Waals surface area contributed by atoms with Gasteiger partial charge in [0.15, 0.2) is 0 Å². The third-order valence-corrected chi connectivity index (χ3v) is 4.70. The SMILES string of the molecule is C/C(=N\NC(=O)/C=C/SSc1ccccc1)c1ccccc1. The maximum Gasteiger partial charge on any atom is 0.264 e. The first-order chi connectivity index (χ1) is 10.8. The molecule has 0 saturated heterocycles. The van der Waals surface area contributed by atoms with Gasteiger partial charge in [0.1, 0.15) is 0 Å². The highest BCUT2D eigenvalue weighted by molar-refractivity contribution is 8.77. The summed E-state index contributed by atoms with van der Waals surface area (Å²) >= 11 is 0. The van der Waals surface area contributed by atoms with E-state index in [1.54, 1.807) is 16.2 Å². The molecule has 0 aliphatic rings. The highest BCUT2D eigenvalue weighted by Gasteiger charge is 1.97. The Morgan fingerprint density at radius 2 is 1.68 bits per heavy atom. The van der Waals surface area contributed by atoms with E-state index in [-0.39, 0.29) is 5.91 Å². The minimum Gasteiger partial charge on any atom is -0.268 e. The molecule has 0 heterocycles. The average molecular weight is 328 g/mol. The standard InChI is InChI=1S/C17H16N2OS2/c1-14(15-8-4-2-5-9-15)18-19-17(20)12-13-21-22-16-10-6-3-7-11-16/h2-13H,1H3,(H,19,20)/b13-12+,18-14+. The summed E-state index contributed by atoms with van der Waals surface area (Å²) in [6.07, 6.45) is 1.47. The highest BCUT2D eigenvalue weighted by atomic mass is 33.1. The van der Waals surface area contributed by atoms with Gasteiger partial charge in [0.05, 0.1) is 5.71 Å². The lowest BCUT2D eigenvalue weighted by Crippen LogP contribution is -2.16. The van der Waals surface area contributed by atoms with Crippen LogP contribution in [0.2, 0.25) is 0 Å². The highest BCUT2D eigenvalue weighted by Crippen LogP contribution is 2.31. The first-order valence-corrected chi connectivity index (χ1v) is 8.91. The molecule has 0 atom stereocenters. The second-order valence-electron chi connectivity index (χ2n) is 4.33. The molecule has 0 radical (unpaired) electrons. The van der Waals surface area contributed by atoms with E-state index in [2.05, 4.69) is 10.5 Å². The third kappa shape index (κ3) is 5.79. The average Bonchev–Trinajstić information content (AvgIpc) is 2.58. The summed E-state index contributed by atoms with van der Waals surface area (Å²) in [6, 6.07) is 19.7. The number of nitrogens with zero attached hydrogens (tertiary/aromatic N) is 1. The Morgan fingerprint density at radius 1 is 1.05 bits per heavy atom. The fourth-order valence-electron chi connectivity index (χ4n) is 1.57. The normalized spacial score (nSPS) is 11.6. The molecule has 2 aromatic carbocycles. The topological polar surface area (TPSA) is 41.5 Å². The second-order valence-corrected chi connectivity index (χ2v) is 6.51. The smallest absolute Gasteiger partial charge is 0.264 e. The van der Waals surface area contributed by atoms with Crippen LogP contribution >= 0.6 is 21.6 Å². The molecule has 2 aromatic rings. The molecule has 112 valence electrons. The lowest BCUT2D eigenvalue weighted by Gasteiger charge is -2.00. The van der Waals surface area contributed by atoms with Crippen LogP contribution in [0.4, 0.5) is 0 Å². The molecule has 0 spiro atoms. The van der Waals surface area contributed by atoms with Crippen LogP contribution in [0.25, 0.3) is 0 Å². The summed E-state index contributed by atoms with van der Waals surface area (Å²) < 4.78 is 0. The molecule has 5 heteroatoms. The van der Waals surface area contributed by atoms with Crippen molar-refractivity contribution >= 4 is 33.2 Å². The van der Waals surface area contributed by atoms with Crippen LogP contribution in [-0.4, -0.2) is 11.6 Å². The van der Waals surface area contributed by atoms with Crippen molar-refractivity contribution in [3.05, 3.63) is 77.7 Å². The maximum atomic E-state index is 11.7. The Morgan fingerprint density at radius 3 is 2.36 bits per heavy atom. The predicted molar refractivity (Wildman–Crippen MR) is 95.8 cm³/mol. The van der Waals surface area contributed by atoms with Crippen molar-refractivity contribution in [3.63, 3.8) is 0 Å². The molecule has 0 fully saturated rings. The van der Waals surface area contributed by atoms with Crippen molar-refractivity contribution in [2.75, 3.05) is 0 Å². The van der Waals surface area contributed by atoms with Crippen LogP contribution in [0.3, 0.4) is 0 Å². The molecule has 0 bridgehead atoms. The molecule has 1 amide bonds. The largest absolute Gasteiger partial charge is 0.268 e. The quantitative estimate of drug-likeness (QED) is 0.368. The van der Waals surface area contributed by atoms with E-state index in [1.807, 2.05) is 67.6 Å². The molecule has 1 N–H and O–H groups in total. The van der Waals surface area contributed by atoms with Gasteiger partial charge in [0, 0.05) is 11.0 Å². The Hall–Kier alpha value is -1.98. The number of hydrazone groups is 1. The molecule has 0 aromatic heterocycles. The minimum atomic E-state index is -0.239. The summed E-state index contributed by atoms with van der Waals surface area (Å²) in [5.74, 6) is -0.239. The zero-order valence-corrected chi connectivity index (χ0v) is 13.7. The van der Waals surface area contributed by atoms with Crippen LogP contribution in [0.1, 0.15) is 12.5 Å². The Balaban J connectivity index is 1.77. The van der Waals surface area contributed by atoms with Gasteiger partial charge in [-0.25, -0.2) is 5.43 Å². The summed E-state index contributed by atoms with van der Waals surface area (Å²) in [5.41, 5.74) is 4.28. The predicted octanol–water partition coefficient (Wildman–Crippen LogP) is 4.48. The molecule has 0 saturated carbocycles. The second kappa shape index (κ2) is 9.12. The minimum absolute atomic E-state index is 0.239. The molecule has 0 aliphatic heterocycles. The van der Waals surface area contributed by atoms with Gasteiger partial charge in [-0.3, -0.25) is 4.79 Å². The summed E-state index contributed by atoms with van der Waals surface area (Å²) in [7, 11) is 3.09. The van der Waals surface area contributed by atoms with Crippen molar-refractivity contribution in [1.82, 2.24) is 5.43 Å². The third-order valence-electron chi connectivity index (χ3n) is 2.69. The molecule has 3 nitrogen and oxygen atoms in total. The number of carbonyl (C=O) groups is 1. The van der Waals surface area contributed by atoms with Crippen molar-refractivity contribution in [2.24, 2.45) is 5.10 Å². The van der Waals surface area contributed by atoms with Gasteiger partial charge in [-0.2, -0.15) is 5.10 Å². The molecule has 0 unspecified atom stereocenters. The van der Waals surface area contributed by atoms with Gasteiger partial charge < -0.3 is 0 Å². The van der Waals surface area contributed by atoms with E-state index >= 15 is 0 Å². The number of carbonyl (C=O) groups excluding carboxylic acids is 1. The number of hydrogen-bond donors (Lipinski definition) is 1. The molecule has 2 rings (SSSR count). The number of rotatable bonds is 6. The Kier molecular flexibility index (Phi) is 6.80. The van der Waals surface area contributed by atoms with Gasteiger partial charge in [-0.1, -0.05) is 70.1 Å². The van der Waals surface area contributed by atoms with E-state index < -0.39 is 0 Å². The molecular formula is C17H16N2OS2. The fourth-order valence-corrected chi connectivity index (χ4v) is 3.18. The first kappa shape index (κ1) is 16.4. The van der Waals surface area contributed by atoms with Gasteiger partial charge in [0.2, 0.25) is 0 Å². The van der Waals surface area contributed by atoms with Crippen molar-refractivity contribution in [3.8, 4) is 0 Å². The molecule has 22 heavy (non-hydrogen) atoms. The van der Waals surface area contributed by atoms with Gasteiger partial charge >= 0.3 is 0 Å². The van der Waals surface area contributed by atoms with Crippen LogP contribution < -0.4 is 5.43 Å². The lowest BCUT2D eigenvalue weighted by molar-refractivity contribution is -0.116. The van der Waals surface area contributed by atoms with E-state index in [0.29, 0.717) is 0 Å². The zero-order valence-electron chi connectivity index (χ0n) is 12.1. The van der Waals surface area contributed by atoms with E-state index in [4.69, 9.17) is 0 Å². The fraction of sp³-hybridized carbons (Fsp3) is 0.0588. The van der Waals surface area contributed by atoms with Gasteiger partial charge in [-0.15, -0.1) is 0 Å². The van der Waals surface area contributed by atoms with Crippen LogP contribution in [0.15, 0.2) is 82.1 Å². The first-order valence-electron chi connectivity index (χ1n) is 6.70. The summed E-state index contributed by atoms with van der Waals surface area (Å²) in [4.78, 5) is 12.8. The maximum absolute atomic E-state index is 11.7. The van der Waals surface area contributed by atoms with Crippen LogP contribution in [-0.2, 0) is 4.79 Å². The van der Waals surface area contributed by atoms with Crippen molar-refractivity contribution < 1.29 is 4.79 Å².